The largest absolute Gasteiger partial charge is 0.309 e. The first-order valence-electron chi connectivity index (χ1n) is 6.05. The Kier molecular flexibility index (Phi) is 2.65. The summed E-state index contributed by atoms with van der Waals surface area (Å²) in [5.74, 6) is 0. The van der Waals surface area contributed by atoms with Crippen molar-refractivity contribution >= 4 is 0 Å². The maximum Gasteiger partial charge on any atom is 0.0954 e. The minimum absolute atomic E-state index is 0.443. The number of H-pyrrole nitrogens is 1. The third-order valence-electron chi connectivity index (χ3n) is 3.41. The van der Waals surface area contributed by atoms with Gasteiger partial charge in [-0.2, -0.15) is 5.10 Å². The fourth-order valence-corrected chi connectivity index (χ4v) is 2.47. The summed E-state index contributed by atoms with van der Waals surface area (Å²) < 4.78 is 0. The highest BCUT2D eigenvalue weighted by molar-refractivity contribution is 5.63. The quantitative estimate of drug-likeness (QED) is 0.828. The van der Waals surface area contributed by atoms with Gasteiger partial charge in [0.2, 0.25) is 0 Å². The molecule has 0 aliphatic carbocycles. The predicted octanol–water partition coefficient (Wildman–Crippen LogP) is 2.20. The monoisotopic (exact) mass is 228 g/mol. The van der Waals surface area contributed by atoms with Crippen molar-refractivity contribution in [3.8, 4) is 11.3 Å². The second kappa shape index (κ2) is 4.30. The number of rotatable bonds is 2. The van der Waals surface area contributed by atoms with Crippen molar-refractivity contribution in [2.45, 2.75) is 25.8 Å². The molecule has 1 aliphatic rings. The third kappa shape index (κ3) is 1.85. The molecule has 4 heteroatoms. The van der Waals surface area contributed by atoms with Crippen LogP contribution in [0.25, 0.3) is 11.3 Å². The molecule has 1 saturated heterocycles. The van der Waals surface area contributed by atoms with Crippen LogP contribution in [0.1, 0.15) is 30.1 Å². The van der Waals surface area contributed by atoms with E-state index < -0.39 is 0 Å². The SMILES string of the molecule is Cc1c(-c2ccncc2)n[nH]c1C1CCCN1. The fraction of sp³-hybridized carbons (Fsp3) is 0.385. The van der Waals surface area contributed by atoms with Gasteiger partial charge in [-0.15, -0.1) is 0 Å². The summed E-state index contributed by atoms with van der Waals surface area (Å²) in [5.41, 5.74) is 4.64. The second-order valence-corrected chi connectivity index (χ2v) is 4.50. The number of hydrogen-bond acceptors (Lipinski definition) is 3. The van der Waals surface area contributed by atoms with Crippen LogP contribution in [0.4, 0.5) is 0 Å². The topological polar surface area (TPSA) is 53.6 Å². The molecule has 1 atom stereocenters. The maximum absolute atomic E-state index is 4.44. The number of aromatic amines is 1. The molecule has 17 heavy (non-hydrogen) atoms. The maximum atomic E-state index is 4.44. The zero-order valence-corrected chi connectivity index (χ0v) is 9.90. The molecule has 0 spiro atoms. The zero-order valence-electron chi connectivity index (χ0n) is 9.90. The summed E-state index contributed by atoms with van der Waals surface area (Å²) in [4.78, 5) is 4.03. The van der Waals surface area contributed by atoms with E-state index in [9.17, 15) is 0 Å². The first-order valence-corrected chi connectivity index (χ1v) is 6.05. The van der Waals surface area contributed by atoms with Crippen LogP contribution in [-0.4, -0.2) is 21.7 Å². The Balaban J connectivity index is 1.97. The Hall–Kier alpha value is -1.68. The second-order valence-electron chi connectivity index (χ2n) is 4.50. The number of nitrogens with zero attached hydrogens (tertiary/aromatic N) is 2. The van der Waals surface area contributed by atoms with Crippen LogP contribution in [0.15, 0.2) is 24.5 Å². The van der Waals surface area contributed by atoms with E-state index in [1.807, 2.05) is 12.1 Å². The van der Waals surface area contributed by atoms with Gasteiger partial charge in [0.15, 0.2) is 0 Å². The van der Waals surface area contributed by atoms with E-state index in [-0.39, 0.29) is 0 Å². The molecular formula is C13H16N4. The Labute approximate surface area is 100 Å². The van der Waals surface area contributed by atoms with Gasteiger partial charge in [-0.1, -0.05) is 0 Å². The summed E-state index contributed by atoms with van der Waals surface area (Å²) in [6.07, 6.45) is 6.04. The van der Waals surface area contributed by atoms with Crippen molar-refractivity contribution in [3.05, 3.63) is 35.8 Å². The molecule has 3 heterocycles. The van der Waals surface area contributed by atoms with Gasteiger partial charge in [-0.25, -0.2) is 0 Å². The summed E-state index contributed by atoms with van der Waals surface area (Å²) in [5, 5.41) is 11.1. The molecule has 1 fully saturated rings. The molecule has 0 aromatic carbocycles. The van der Waals surface area contributed by atoms with Crippen LogP contribution < -0.4 is 5.32 Å². The Morgan fingerprint density at radius 2 is 2.12 bits per heavy atom. The lowest BCUT2D eigenvalue weighted by molar-refractivity contribution is 0.622. The number of nitrogens with one attached hydrogen (secondary N) is 2. The van der Waals surface area contributed by atoms with Gasteiger partial charge < -0.3 is 5.32 Å². The number of hydrogen-bond donors (Lipinski definition) is 2. The highest BCUT2D eigenvalue weighted by atomic mass is 15.1. The Morgan fingerprint density at radius 3 is 2.82 bits per heavy atom. The molecule has 1 unspecified atom stereocenters. The van der Waals surface area contributed by atoms with Crippen molar-refractivity contribution < 1.29 is 0 Å². The molecule has 2 aromatic rings. The molecule has 2 aromatic heterocycles. The fourth-order valence-electron chi connectivity index (χ4n) is 2.47. The van der Waals surface area contributed by atoms with E-state index in [0.717, 1.165) is 17.8 Å². The highest BCUT2D eigenvalue weighted by Gasteiger charge is 2.21. The van der Waals surface area contributed by atoms with Gasteiger partial charge in [0.05, 0.1) is 11.4 Å². The van der Waals surface area contributed by atoms with Crippen LogP contribution in [0.2, 0.25) is 0 Å². The van der Waals surface area contributed by atoms with Gasteiger partial charge in [0, 0.05) is 24.0 Å². The van der Waals surface area contributed by atoms with Crippen LogP contribution in [-0.2, 0) is 0 Å². The first kappa shape index (κ1) is 10.5. The lowest BCUT2D eigenvalue weighted by Gasteiger charge is -2.08. The van der Waals surface area contributed by atoms with Crippen LogP contribution in [0.5, 0.6) is 0 Å². The lowest BCUT2D eigenvalue weighted by atomic mass is 10.0. The molecule has 3 rings (SSSR count). The highest BCUT2D eigenvalue weighted by Crippen LogP contribution is 2.29. The standard InChI is InChI=1S/C13H16N4/c1-9-12(10-4-7-14-8-5-10)16-17-13(9)11-3-2-6-15-11/h4-5,7-8,11,15H,2-3,6H2,1H3,(H,16,17). The number of aromatic nitrogens is 3. The third-order valence-corrected chi connectivity index (χ3v) is 3.41. The summed E-state index contributed by atoms with van der Waals surface area (Å²) >= 11 is 0. The van der Waals surface area contributed by atoms with Crippen molar-refractivity contribution in [2.75, 3.05) is 6.54 Å². The lowest BCUT2D eigenvalue weighted by Crippen LogP contribution is -2.14. The van der Waals surface area contributed by atoms with Crippen LogP contribution in [0.3, 0.4) is 0 Å². The molecule has 1 aliphatic heterocycles. The van der Waals surface area contributed by atoms with Crippen molar-refractivity contribution in [2.24, 2.45) is 0 Å². The minimum atomic E-state index is 0.443. The van der Waals surface area contributed by atoms with E-state index in [1.54, 1.807) is 12.4 Å². The van der Waals surface area contributed by atoms with Crippen molar-refractivity contribution in [1.82, 2.24) is 20.5 Å². The van der Waals surface area contributed by atoms with Gasteiger partial charge in [-0.05, 0) is 44.0 Å². The summed E-state index contributed by atoms with van der Waals surface area (Å²) in [7, 11) is 0. The smallest absolute Gasteiger partial charge is 0.0954 e. The van der Waals surface area contributed by atoms with E-state index >= 15 is 0 Å². The molecular weight excluding hydrogens is 212 g/mol. The van der Waals surface area contributed by atoms with E-state index in [4.69, 9.17) is 0 Å². The molecule has 0 amide bonds. The minimum Gasteiger partial charge on any atom is -0.309 e. The Morgan fingerprint density at radius 1 is 1.29 bits per heavy atom. The molecule has 2 N–H and O–H groups in total. The predicted molar refractivity (Wildman–Crippen MR) is 66.5 cm³/mol. The zero-order chi connectivity index (χ0) is 11.7. The molecule has 0 radical (unpaired) electrons. The van der Waals surface area contributed by atoms with Gasteiger partial charge in [0.25, 0.3) is 0 Å². The van der Waals surface area contributed by atoms with Crippen LogP contribution in [0, 0.1) is 6.92 Å². The average Bonchev–Trinajstić information content (AvgIpc) is 2.99. The van der Waals surface area contributed by atoms with Crippen molar-refractivity contribution in [1.29, 1.82) is 0 Å². The van der Waals surface area contributed by atoms with Gasteiger partial charge in [0.1, 0.15) is 0 Å². The molecule has 0 bridgehead atoms. The first-order chi connectivity index (χ1) is 8.36. The normalized spacial score (nSPS) is 19.7. The van der Waals surface area contributed by atoms with E-state index in [2.05, 4.69) is 27.4 Å². The Bertz CT molecular complexity index is 497. The molecule has 88 valence electrons. The molecule has 0 saturated carbocycles. The average molecular weight is 228 g/mol. The van der Waals surface area contributed by atoms with E-state index in [0.29, 0.717) is 6.04 Å². The summed E-state index contributed by atoms with van der Waals surface area (Å²) in [6, 6.07) is 4.43. The number of pyridine rings is 1. The summed E-state index contributed by atoms with van der Waals surface area (Å²) in [6.45, 7) is 3.24. The molecule has 4 nitrogen and oxygen atoms in total. The van der Waals surface area contributed by atoms with E-state index in [1.165, 1.54) is 24.1 Å². The van der Waals surface area contributed by atoms with Crippen molar-refractivity contribution in [3.63, 3.8) is 0 Å². The van der Waals surface area contributed by atoms with Gasteiger partial charge >= 0.3 is 0 Å². The van der Waals surface area contributed by atoms with Crippen LogP contribution >= 0.6 is 0 Å². The van der Waals surface area contributed by atoms with Gasteiger partial charge in [-0.3, -0.25) is 10.1 Å².